The molecule has 0 aliphatic heterocycles. The zero-order chi connectivity index (χ0) is 38.0. The molecule has 10 rings (SSSR count). The van der Waals surface area contributed by atoms with Gasteiger partial charge in [-0.05, 0) is 80.9 Å². The summed E-state index contributed by atoms with van der Waals surface area (Å²) in [5, 5.41) is 2.58. The molecule has 0 saturated heterocycles. The molecular weight excluding hydrogens is 707 g/mol. The molecule has 0 saturated carbocycles. The van der Waals surface area contributed by atoms with Crippen molar-refractivity contribution in [2.45, 2.75) is 5.41 Å². The van der Waals surface area contributed by atoms with Gasteiger partial charge in [-0.2, -0.15) is 0 Å². The summed E-state index contributed by atoms with van der Waals surface area (Å²) < 4.78 is 2.62. The second-order valence-corrected chi connectivity index (χ2v) is 15.5. The van der Waals surface area contributed by atoms with Crippen LogP contribution >= 0.6 is 11.3 Å². The molecule has 0 spiro atoms. The number of benzene rings is 9. The topological polar surface area (TPSA) is 3.24 Å². The van der Waals surface area contributed by atoms with Gasteiger partial charge in [0.15, 0.2) is 0 Å². The van der Waals surface area contributed by atoms with Crippen molar-refractivity contribution in [3.8, 4) is 22.3 Å². The zero-order valence-corrected chi connectivity index (χ0v) is 32.2. The minimum Gasteiger partial charge on any atom is -0.311 e. The summed E-state index contributed by atoms with van der Waals surface area (Å²) in [6, 6.07) is 86.0. The second kappa shape index (κ2) is 14.9. The van der Waals surface area contributed by atoms with Gasteiger partial charge < -0.3 is 4.90 Å². The van der Waals surface area contributed by atoms with E-state index in [0.29, 0.717) is 0 Å². The monoisotopic (exact) mass is 745 g/mol. The summed E-state index contributed by atoms with van der Waals surface area (Å²) in [5.41, 5.74) is 12.6. The molecule has 0 unspecified atom stereocenters. The minimum atomic E-state index is -0.608. The quantitative estimate of drug-likeness (QED) is 0.133. The maximum Gasteiger partial charge on any atom is 0.0715 e. The Bertz CT molecular complexity index is 2860. The Morgan fingerprint density at radius 2 is 0.719 bits per heavy atom. The van der Waals surface area contributed by atoms with Gasteiger partial charge in [0, 0.05) is 37.2 Å². The van der Waals surface area contributed by atoms with Gasteiger partial charge in [-0.3, -0.25) is 0 Å². The first-order valence-electron chi connectivity index (χ1n) is 19.5. The van der Waals surface area contributed by atoms with E-state index in [1.165, 1.54) is 64.7 Å². The number of thiophene rings is 1. The molecule has 0 amide bonds. The highest BCUT2D eigenvalue weighted by atomic mass is 32.1. The summed E-state index contributed by atoms with van der Waals surface area (Å²) in [6.45, 7) is 0. The average molecular weight is 746 g/mol. The maximum absolute atomic E-state index is 2.36. The molecule has 9 aromatic carbocycles. The van der Waals surface area contributed by atoms with Gasteiger partial charge in [0.2, 0.25) is 0 Å². The molecule has 0 atom stereocenters. The van der Waals surface area contributed by atoms with Gasteiger partial charge in [0.1, 0.15) is 0 Å². The van der Waals surface area contributed by atoms with Crippen molar-refractivity contribution in [1.29, 1.82) is 0 Å². The van der Waals surface area contributed by atoms with Gasteiger partial charge in [0.05, 0.1) is 5.41 Å². The van der Waals surface area contributed by atoms with Crippen LogP contribution in [-0.2, 0) is 5.41 Å². The Kier molecular flexibility index (Phi) is 9.02. The molecule has 10 aromatic rings. The van der Waals surface area contributed by atoms with Crippen molar-refractivity contribution in [2.24, 2.45) is 0 Å². The first-order chi connectivity index (χ1) is 28.3. The normalized spacial score (nSPS) is 11.5. The Hall–Kier alpha value is -7.00. The smallest absolute Gasteiger partial charge is 0.0715 e. The molecule has 0 aliphatic carbocycles. The van der Waals surface area contributed by atoms with Crippen LogP contribution in [-0.4, -0.2) is 0 Å². The minimum absolute atomic E-state index is 0.608. The Labute approximate surface area is 338 Å². The third-order valence-electron chi connectivity index (χ3n) is 11.2. The van der Waals surface area contributed by atoms with Gasteiger partial charge in [0.25, 0.3) is 0 Å². The highest BCUT2D eigenvalue weighted by molar-refractivity contribution is 7.26. The van der Waals surface area contributed by atoms with Crippen molar-refractivity contribution in [1.82, 2.24) is 0 Å². The van der Waals surface area contributed by atoms with Crippen LogP contribution < -0.4 is 4.90 Å². The van der Waals surface area contributed by atoms with E-state index in [2.05, 4.69) is 241 Å². The molecule has 1 heterocycles. The fourth-order valence-electron chi connectivity index (χ4n) is 8.62. The predicted molar refractivity (Wildman–Crippen MR) is 243 cm³/mol. The molecule has 0 aliphatic rings. The van der Waals surface area contributed by atoms with Crippen LogP contribution in [0.4, 0.5) is 17.1 Å². The van der Waals surface area contributed by atoms with Crippen LogP contribution in [0.25, 0.3) is 42.4 Å². The summed E-state index contributed by atoms with van der Waals surface area (Å²) in [5.74, 6) is 0. The van der Waals surface area contributed by atoms with Crippen molar-refractivity contribution in [2.75, 3.05) is 4.90 Å². The lowest BCUT2D eigenvalue weighted by molar-refractivity contribution is 0.753. The Morgan fingerprint density at radius 3 is 1.30 bits per heavy atom. The Morgan fingerprint density at radius 1 is 0.298 bits per heavy atom. The van der Waals surface area contributed by atoms with Gasteiger partial charge >= 0.3 is 0 Å². The van der Waals surface area contributed by atoms with Crippen LogP contribution in [0.1, 0.15) is 22.3 Å². The molecule has 0 N–H and O–H groups in total. The fraction of sp³-hybridized carbons (Fsp3) is 0.0182. The summed E-state index contributed by atoms with van der Waals surface area (Å²) in [4.78, 5) is 2.35. The first kappa shape index (κ1) is 34.5. The third-order valence-corrected chi connectivity index (χ3v) is 12.5. The summed E-state index contributed by atoms with van der Waals surface area (Å²) in [7, 11) is 0. The van der Waals surface area contributed by atoms with Crippen LogP contribution in [0.15, 0.2) is 237 Å². The lowest BCUT2D eigenvalue weighted by atomic mass is 9.65. The van der Waals surface area contributed by atoms with Crippen molar-refractivity contribution >= 4 is 48.6 Å². The fourth-order valence-corrected chi connectivity index (χ4v) is 10.0. The maximum atomic E-state index is 2.36. The Balaban J connectivity index is 1.19. The van der Waals surface area contributed by atoms with Gasteiger partial charge in [-0.15, -0.1) is 11.3 Å². The number of nitrogens with zero attached hydrogens (tertiary/aromatic N) is 1. The third kappa shape index (κ3) is 6.12. The number of anilines is 3. The number of hydrogen-bond acceptors (Lipinski definition) is 2. The molecule has 1 nitrogen and oxygen atoms in total. The molecule has 270 valence electrons. The van der Waals surface area contributed by atoms with Crippen LogP contribution in [0.3, 0.4) is 0 Å². The average Bonchev–Trinajstić information content (AvgIpc) is 3.69. The number of rotatable bonds is 9. The van der Waals surface area contributed by atoms with Crippen molar-refractivity contribution in [3.63, 3.8) is 0 Å². The van der Waals surface area contributed by atoms with Crippen LogP contribution in [0, 0.1) is 0 Å². The first-order valence-corrected chi connectivity index (χ1v) is 20.3. The van der Waals surface area contributed by atoms with E-state index in [4.69, 9.17) is 0 Å². The van der Waals surface area contributed by atoms with Gasteiger partial charge in [-0.1, -0.05) is 200 Å². The molecule has 2 heteroatoms. The highest BCUT2D eigenvalue weighted by Crippen LogP contribution is 2.51. The second-order valence-electron chi connectivity index (χ2n) is 14.4. The summed E-state index contributed by atoms with van der Waals surface area (Å²) in [6.07, 6.45) is 0. The molecular formula is C55H39NS. The van der Waals surface area contributed by atoms with E-state index < -0.39 is 5.41 Å². The predicted octanol–water partition coefficient (Wildman–Crippen LogP) is 15.2. The summed E-state index contributed by atoms with van der Waals surface area (Å²) >= 11 is 1.91. The number of fused-ring (bicyclic) bond motifs is 3. The van der Waals surface area contributed by atoms with Crippen molar-refractivity contribution in [3.05, 3.63) is 259 Å². The van der Waals surface area contributed by atoms with E-state index in [1.54, 1.807) is 0 Å². The van der Waals surface area contributed by atoms with E-state index >= 15 is 0 Å². The highest BCUT2D eigenvalue weighted by Gasteiger charge is 2.40. The number of hydrogen-bond donors (Lipinski definition) is 0. The van der Waals surface area contributed by atoms with E-state index in [-0.39, 0.29) is 0 Å². The zero-order valence-electron chi connectivity index (χ0n) is 31.4. The molecule has 0 fully saturated rings. The number of para-hydroxylation sites is 1. The van der Waals surface area contributed by atoms with E-state index in [1.807, 2.05) is 11.3 Å². The SMILES string of the molecule is c1ccc(-c2ccc(N(c3ccccc3)c3ccc(C(c4ccccc4)(c4ccccc4)c4cccc5c4sc4c(-c6ccccc6)cccc45)cc3)cc2)cc1. The van der Waals surface area contributed by atoms with E-state index in [9.17, 15) is 0 Å². The molecule has 57 heavy (non-hydrogen) atoms. The molecule has 0 radical (unpaired) electrons. The standard InChI is InChI=1S/C55H39NS/c1-6-18-40(19-7-1)41-32-36-47(37-33-41)56(46-26-14-5-15-27-46)48-38-34-45(35-39-48)55(43-22-10-3-11-23-43,44-24-12-4-13-25-44)52-31-17-30-51-50-29-16-28-49(53(50)57-54(51)52)42-20-8-2-9-21-42/h1-39H. The lowest BCUT2D eigenvalue weighted by Gasteiger charge is -2.37. The lowest BCUT2D eigenvalue weighted by Crippen LogP contribution is -2.31. The molecule has 1 aromatic heterocycles. The largest absolute Gasteiger partial charge is 0.311 e. The van der Waals surface area contributed by atoms with E-state index in [0.717, 1.165) is 17.1 Å². The van der Waals surface area contributed by atoms with Crippen LogP contribution in [0.2, 0.25) is 0 Å². The molecule has 0 bridgehead atoms. The van der Waals surface area contributed by atoms with Crippen molar-refractivity contribution < 1.29 is 0 Å². The van der Waals surface area contributed by atoms with Gasteiger partial charge in [-0.25, -0.2) is 0 Å². The van der Waals surface area contributed by atoms with Crippen LogP contribution in [0.5, 0.6) is 0 Å².